The summed E-state index contributed by atoms with van der Waals surface area (Å²) in [6.07, 6.45) is 2.49. The van der Waals surface area contributed by atoms with E-state index in [-0.39, 0.29) is 28.2 Å². The third-order valence-electron chi connectivity index (χ3n) is 5.17. The maximum atomic E-state index is 12.5. The molecule has 0 bridgehead atoms. The molecule has 0 aromatic heterocycles. The van der Waals surface area contributed by atoms with Crippen molar-refractivity contribution in [3.8, 4) is 0 Å². The number of nitrogens with one attached hydrogen (secondary N) is 1. The largest absolute Gasteiger partial charge is 0.371 e. The molecule has 1 saturated heterocycles. The summed E-state index contributed by atoms with van der Waals surface area (Å²) in [6.45, 7) is 6.33. The fraction of sp³-hybridized carbons (Fsp3) is 0.381. The van der Waals surface area contributed by atoms with Crippen molar-refractivity contribution in [3.05, 3.63) is 68.7 Å². The molecule has 6 nitrogen and oxygen atoms in total. The Balaban J connectivity index is 1.66. The van der Waals surface area contributed by atoms with Gasteiger partial charge in [-0.1, -0.05) is 30.7 Å². The zero-order valence-corrected chi connectivity index (χ0v) is 16.8. The molecule has 0 aliphatic carbocycles. The highest BCUT2D eigenvalue weighted by molar-refractivity contribution is 6.34. The first-order valence-electron chi connectivity index (χ1n) is 9.45. The molecule has 3 rings (SSSR count). The van der Waals surface area contributed by atoms with Gasteiger partial charge in [-0.3, -0.25) is 14.9 Å². The number of halogens is 1. The highest BCUT2D eigenvalue weighted by atomic mass is 35.5. The van der Waals surface area contributed by atoms with E-state index in [1.54, 1.807) is 0 Å². The van der Waals surface area contributed by atoms with Crippen molar-refractivity contribution >= 4 is 28.9 Å². The number of non-ortho nitro benzene ring substituents is 1. The average molecular weight is 402 g/mol. The van der Waals surface area contributed by atoms with E-state index in [9.17, 15) is 14.9 Å². The maximum absolute atomic E-state index is 12.5. The molecule has 1 aliphatic heterocycles. The summed E-state index contributed by atoms with van der Waals surface area (Å²) < 4.78 is 0. The molecule has 0 unspecified atom stereocenters. The lowest BCUT2D eigenvalue weighted by molar-refractivity contribution is -0.384. The number of amides is 1. The van der Waals surface area contributed by atoms with Crippen LogP contribution in [0.5, 0.6) is 0 Å². The molecule has 7 heteroatoms. The van der Waals surface area contributed by atoms with E-state index in [4.69, 9.17) is 11.6 Å². The van der Waals surface area contributed by atoms with Gasteiger partial charge in [-0.25, -0.2) is 0 Å². The third kappa shape index (κ3) is 4.62. The van der Waals surface area contributed by atoms with E-state index in [0.717, 1.165) is 18.7 Å². The number of nitro groups is 1. The van der Waals surface area contributed by atoms with E-state index in [1.165, 1.54) is 36.7 Å². The lowest BCUT2D eigenvalue weighted by atomic mass is 9.99. The van der Waals surface area contributed by atoms with Gasteiger partial charge < -0.3 is 10.2 Å². The van der Waals surface area contributed by atoms with E-state index in [0.29, 0.717) is 5.92 Å². The molecule has 1 fully saturated rings. The monoisotopic (exact) mass is 401 g/mol. The number of carbonyl (C=O) groups excluding carboxylic acids is 1. The van der Waals surface area contributed by atoms with Gasteiger partial charge in [-0.2, -0.15) is 0 Å². The first-order valence-corrected chi connectivity index (χ1v) is 9.82. The van der Waals surface area contributed by atoms with Crippen LogP contribution in [0.1, 0.15) is 48.7 Å². The molecule has 1 aliphatic rings. The van der Waals surface area contributed by atoms with E-state index >= 15 is 0 Å². The Kier molecular flexibility index (Phi) is 6.19. The standard InChI is InChI=1S/C21H24ClN3O3/c1-14-4-3-11-24(13-14)17-7-5-16(6-8-17)15(2)23-21(26)19-10-9-18(25(27)28)12-20(19)22/h5-10,12,14-15H,3-4,11,13H2,1-2H3,(H,23,26)/t14-,15+/m1/s1. The minimum absolute atomic E-state index is 0.0634. The summed E-state index contributed by atoms with van der Waals surface area (Å²) in [5.41, 5.74) is 2.27. The van der Waals surface area contributed by atoms with Crippen LogP contribution in [0.2, 0.25) is 5.02 Å². The van der Waals surface area contributed by atoms with Crippen molar-refractivity contribution in [1.29, 1.82) is 0 Å². The second kappa shape index (κ2) is 8.61. The van der Waals surface area contributed by atoms with Crippen LogP contribution >= 0.6 is 11.6 Å². The number of anilines is 1. The second-order valence-electron chi connectivity index (χ2n) is 7.40. The number of carbonyl (C=O) groups is 1. The predicted molar refractivity (Wildman–Crippen MR) is 111 cm³/mol. The topological polar surface area (TPSA) is 75.5 Å². The summed E-state index contributed by atoms with van der Waals surface area (Å²) >= 11 is 6.05. The summed E-state index contributed by atoms with van der Waals surface area (Å²) in [5.74, 6) is 0.347. The summed E-state index contributed by atoms with van der Waals surface area (Å²) in [4.78, 5) is 25.2. The van der Waals surface area contributed by atoms with Crippen LogP contribution in [0.25, 0.3) is 0 Å². The fourth-order valence-electron chi connectivity index (χ4n) is 3.56. The van der Waals surface area contributed by atoms with E-state index < -0.39 is 4.92 Å². The maximum Gasteiger partial charge on any atom is 0.270 e. The Morgan fingerprint density at radius 1 is 1.29 bits per heavy atom. The van der Waals surface area contributed by atoms with Gasteiger partial charge in [-0.05, 0) is 49.4 Å². The number of benzene rings is 2. The normalized spacial score (nSPS) is 17.8. The second-order valence-corrected chi connectivity index (χ2v) is 7.81. The lowest BCUT2D eigenvalue weighted by Crippen LogP contribution is -2.34. The smallest absolute Gasteiger partial charge is 0.270 e. The molecule has 2 aromatic carbocycles. The van der Waals surface area contributed by atoms with E-state index in [2.05, 4.69) is 29.3 Å². The Morgan fingerprint density at radius 2 is 2.00 bits per heavy atom. The zero-order valence-electron chi connectivity index (χ0n) is 16.0. The van der Waals surface area contributed by atoms with Gasteiger partial charge in [0.25, 0.3) is 11.6 Å². The van der Waals surface area contributed by atoms with Crippen molar-refractivity contribution in [2.75, 3.05) is 18.0 Å². The molecule has 1 amide bonds. The van der Waals surface area contributed by atoms with E-state index in [1.807, 2.05) is 19.1 Å². The van der Waals surface area contributed by atoms with Gasteiger partial charge in [0.1, 0.15) is 0 Å². The summed E-state index contributed by atoms with van der Waals surface area (Å²) in [6, 6.07) is 11.9. The minimum Gasteiger partial charge on any atom is -0.371 e. The third-order valence-corrected chi connectivity index (χ3v) is 5.48. The van der Waals surface area contributed by atoms with Crippen LogP contribution in [0.4, 0.5) is 11.4 Å². The Hall–Kier alpha value is -2.60. The number of rotatable bonds is 5. The van der Waals surface area contributed by atoms with Gasteiger partial charge in [-0.15, -0.1) is 0 Å². The molecule has 148 valence electrons. The predicted octanol–water partition coefficient (Wildman–Crippen LogP) is 4.98. The summed E-state index contributed by atoms with van der Waals surface area (Å²) in [7, 11) is 0. The fourth-order valence-corrected chi connectivity index (χ4v) is 3.82. The van der Waals surface area contributed by atoms with Crippen molar-refractivity contribution in [1.82, 2.24) is 5.32 Å². The molecule has 1 heterocycles. The highest BCUT2D eigenvalue weighted by Crippen LogP contribution is 2.26. The molecule has 1 N–H and O–H groups in total. The van der Waals surface area contributed by atoms with Crippen LogP contribution in [-0.2, 0) is 0 Å². The number of hydrogen-bond acceptors (Lipinski definition) is 4. The first kappa shape index (κ1) is 20.1. The van der Waals surface area contributed by atoms with Crippen LogP contribution in [-0.4, -0.2) is 23.9 Å². The van der Waals surface area contributed by atoms with Gasteiger partial charge in [0.15, 0.2) is 0 Å². The summed E-state index contributed by atoms with van der Waals surface area (Å²) in [5, 5.41) is 13.8. The number of hydrogen-bond donors (Lipinski definition) is 1. The number of nitrogens with zero attached hydrogens (tertiary/aromatic N) is 2. The van der Waals surface area contributed by atoms with Crippen LogP contribution < -0.4 is 10.2 Å². The molecule has 2 aromatic rings. The zero-order chi connectivity index (χ0) is 20.3. The van der Waals surface area contributed by atoms with Crippen LogP contribution in [0.3, 0.4) is 0 Å². The first-order chi connectivity index (χ1) is 13.3. The van der Waals surface area contributed by atoms with Crippen molar-refractivity contribution in [3.63, 3.8) is 0 Å². The lowest BCUT2D eigenvalue weighted by Gasteiger charge is -2.33. The van der Waals surface area contributed by atoms with Crippen molar-refractivity contribution in [2.45, 2.75) is 32.7 Å². The van der Waals surface area contributed by atoms with Gasteiger partial charge >= 0.3 is 0 Å². The minimum atomic E-state index is -0.541. The number of piperidine rings is 1. The highest BCUT2D eigenvalue weighted by Gasteiger charge is 2.19. The molecule has 28 heavy (non-hydrogen) atoms. The molecule has 0 saturated carbocycles. The van der Waals surface area contributed by atoms with Crippen LogP contribution in [0, 0.1) is 16.0 Å². The van der Waals surface area contributed by atoms with Crippen molar-refractivity contribution < 1.29 is 9.72 Å². The molecular weight excluding hydrogens is 378 g/mol. The Bertz CT molecular complexity index is 870. The van der Waals surface area contributed by atoms with Gasteiger partial charge in [0, 0.05) is 30.9 Å². The molecular formula is C21H24ClN3O3. The van der Waals surface area contributed by atoms with Crippen LogP contribution in [0.15, 0.2) is 42.5 Å². The molecule has 0 spiro atoms. The Morgan fingerprint density at radius 3 is 2.61 bits per heavy atom. The average Bonchev–Trinajstić information content (AvgIpc) is 2.67. The Labute approximate surface area is 169 Å². The molecule has 2 atom stereocenters. The SMILES string of the molecule is C[C@@H]1CCCN(c2ccc([C@H](C)NC(=O)c3ccc([N+](=O)[O-])cc3Cl)cc2)C1. The van der Waals surface area contributed by atoms with Gasteiger partial charge in [0.05, 0.1) is 21.6 Å². The quantitative estimate of drug-likeness (QED) is 0.566. The molecule has 0 radical (unpaired) electrons. The van der Waals surface area contributed by atoms with Gasteiger partial charge in [0.2, 0.25) is 0 Å². The number of nitro benzene ring substituents is 1. The van der Waals surface area contributed by atoms with Crippen molar-refractivity contribution in [2.24, 2.45) is 5.92 Å².